The molecular weight excluding hydrogens is 212 g/mol. The Morgan fingerprint density at radius 3 is 2.33 bits per heavy atom. The zero-order valence-electron chi connectivity index (χ0n) is 4.49. The Morgan fingerprint density at radius 2 is 2.22 bits per heavy atom. The summed E-state index contributed by atoms with van der Waals surface area (Å²) in [6.07, 6.45) is 0. The lowest BCUT2D eigenvalue weighted by Gasteiger charge is -2.33. The topological polar surface area (TPSA) is 9.23 Å². The number of hydrogen-bond donors (Lipinski definition) is 1. The van der Waals surface area contributed by atoms with Gasteiger partial charge in [-0.3, -0.25) is 0 Å². The van der Waals surface area contributed by atoms with Crippen LogP contribution in [0.3, 0.4) is 0 Å². The highest BCUT2D eigenvalue weighted by Crippen LogP contribution is 2.65. The SMILES string of the molecule is CC1(OC(=S)S)SSS1. The van der Waals surface area contributed by atoms with Gasteiger partial charge in [-0.05, 0) is 50.6 Å². The first-order valence-corrected chi connectivity index (χ1v) is 6.42. The Hall–Kier alpha value is 1.29. The van der Waals surface area contributed by atoms with Crippen molar-refractivity contribution < 1.29 is 4.74 Å². The molecule has 1 nitrogen and oxygen atoms in total. The molecule has 1 aliphatic heterocycles. The summed E-state index contributed by atoms with van der Waals surface area (Å²) in [4.78, 5) is 0. The molecule has 0 aliphatic carbocycles. The highest BCUT2D eigenvalue weighted by atomic mass is 33.5. The van der Waals surface area contributed by atoms with Crippen LogP contribution in [0.15, 0.2) is 0 Å². The normalized spacial score (nSPS) is 22.4. The van der Waals surface area contributed by atoms with E-state index in [1.807, 2.05) is 6.92 Å². The fraction of sp³-hybridized carbons (Fsp3) is 0.667. The van der Waals surface area contributed by atoms with Crippen LogP contribution < -0.4 is 0 Å². The second-order valence-electron chi connectivity index (χ2n) is 1.47. The molecule has 0 atom stereocenters. The van der Waals surface area contributed by atoms with Crippen LogP contribution in [0.5, 0.6) is 0 Å². The van der Waals surface area contributed by atoms with Crippen LogP contribution in [0.2, 0.25) is 0 Å². The van der Waals surface area contributed by atoms with Crippen molar-refractivity contribution in [2.24, 2.45) is 0 Å². The largest absolute Gasteiger partial charge is 0.450 e. The lowest BCUT2D eigenvalue weighted by atomic mass is 10.8. The van der Waals surface area contributed by atoms with Gasteiger partial charge in [0.05, 0.1) is 0 Å². The minimum Gasteiger partial charge on any atom is -0.450 e. The van der Waals surface area contributed by atoms with Gasteiger partial charge < -0.3 is 4.74 Å². The van der Waals surface area contributed by atoms with Crippen molar-refractivity contribution in [3.05, 3.63) is 0 Å². The predicted octanol–water partition coefficient (Wildman–Crippen LogP) is 2.93. The van der Waals surface area contributed by atoms with Crippen molar-refractivity contribution in [2.75, 3.05) is 0 Å². The molecule has 0 aromatic rings. The number of thiol groups is 1. The van der Waals surface area contributed by atoms with Crippen molar-refractivity contribution in [3.8, 4) is 0 Å². The minimum atomic E-state index is -0.177. The Labute approximate surface area is 76.3 Å². The van der Waals surface area contributed by atoms with E-state index in [9.17, 15) is 0 Å². The van der Waals surface area contributed by atoms with E-state index in [1.54, 1.807) is 31.4 Å². The molecule has 1 saturated heterocycles. The van der Waals surface area contributed by atoms with Crippen LogP contribution >= 0.6 is 56.3 Å². The monoisotopic (exact) mass is 216 g/mol. The van der Waals surface area contributed by atoms with Gasteiger partial charge >= 0.3 is 0 Å². The van der Waals surface area contributed by atoms with Crippen molar-refractivity contribution in [1.82, 2.24) is 0 Å². The van der Waals surface area contributed by atoms with E-state index < -0.39 is 0 Å². The molecule has 1 aliphatic rings. The molecular formula is C3H4OS5. The first-order chi connectivity index (χ1) is 4.12. The maximum absolute atomic E-state index is 5.17. The van der Waals surface area contributed by atoms with Crippen LogP contribution in [-0.4, -0.2) is 8.65 Å². The lowest BCUT2D eigenvalue weighted by molar-refractivity contribution is 0.282. The number of hydrogen-bond acceptors (Lipinski definition) is 5. The maximum Gasteiger partial charge on any atom is 0.221 e. The number of thiocarbonyl (C=S) groups is 1. The maximum atomic E-state index is 5.17. The molecule has 0 amide bonds. The highest BCUT2D eigenvalue weighted by molar-refractivity contribution is 9.18. The first kappa shape index (κ1) is 8.39. The molecule has 0 aromatic heterocycles. The summed E-state index contributed by atoms with van der Waals surface area (Å²) in [5.41, 5.74) is 0. The molecule has 0 N–H and O–H groups in total. The molecule has 0 unspecified atom stereocenters. The molecule has 0 spiro atoms. The van der Waals surface area contributed by atoms with Gasteiger partial charge in [0.15, 0.2) is 0 Å². The zero-order valence-corrected chi connectivity index (χ0v) is 8.65. The van der Waals surface area contributed by atoms with E-state index in [1.165, 1.54) is 0 Å². The quantitative estimate of drug-likeness (QED) is 0.409. The molecule has 0 bridgehead atoms. The standard InChI is InChI=1S/C3H4OS5/c1-3(4-2(5)6)7-9-8-3/h1H3,(H,5,6). The van der Waals surface area contributed by atoms with E-state index in [0.29, 0.717) is 4.38 Å². The molecule has 6 heteroatoms. The molecule has 0 aromatic carbocycles. The predicted molar refractivity (Wildman–Crippen MR) is 53.8 cm³/mol. The third-order valence-corrected chi connectivity index (χ3v) is 6.40. The summed E-state index contributed by atoms with van der Waals surface area (Å²) in [6, 6.07) is 0. The van der Waals surface area contributed by atoms with Gasteiger partial charge in [0, 0.05) is 0 Å². The Bertz CT molecular complexity index is 130. The van der Waals surface area contributed by atoms with E-state index in [0.717, 1.165) is 0 Å². The molecule has 1 rings (SSSR count). The van der Waals surface area contributed by atoms with E-state index >= 15 is 0 Å². The Kier molecular flexibility index (Phi) is 2.91. The van der Waals surface area contributed by atoms with Crippen LogP contribution in [0.25, 0.3) is 0 Å². The van der Waals surface area contributed by atoms with Crippen LogP contribution in [-0.2, 0) is 4.74 Å². The van der Waals surface area contributed by atoms with Gasteiger partial charge in [0.2, 0.25) is 8.65 Å². The third-order valence-electron chi connectivity index (χ3n) is 0.643. The first-order valence-electron chi connectivity index (χ1n) is 2.08. The Morgan fingerprint density at radius 1 is 1.67 bits per heavy atom. The Balaban J connectivity index is 2.33. The zero-order chi connectivity index (χ0) is 6.91. The van der Waals surface area contributed by atoms with E-state index in [-0.39, 0.29) is 4.27 Å². The lowest BCUT2D eigenvalue weighted by Crippen LogP contribution is -2.23. The van der Waals surface area contributed by atoms with Gasteiger partial charge in [-0.2, -0.15) is 0 Å². The second-order valence-corrected chi connectivity index (χ2v) is 7.46. The molecule has 9 heavy (non-hydrogen) atoms. The average molecular weight is 216 g/mol. The van der Waals surface area contributed by atoms with E-state index in [2.05, 4.69) is 24.8 Å². The van der Waals surface area contributed by atoms with Gasteiger partial charge in [-0.25, -0.2) is 0 Å². The molecule has 0 saturated carbocycles. The van der Waals surface area contributed by atoms with Crippen molar-refractivity contribution in [1.29, 1.82) is 0 Å². The summed E-state index contributed by atoms with van der Waals surface area (Å²) in [5, 5.41) is 0. The van der Waals surface area contributed by atoms with Crippen molar-refractivity contribution in [3.63, 3.8) is 0 Å². The van der Waals surface area contributed by atoms with Gasteiger partial charge in [0.25, 0.3) is 0 Å². The highest BCUT2D eigenvalue weighted by Gasteiger charge is 2.38. The third kappa shape index (κ3) is 2.42. The van der Waals surface area contributed by atoms with Crippen LogP contribution in [0, 0.1) is 0 Å². The van der Waals surface area contributed by atoms with Gasteiger partial charge in [-0.15, -0.1) is 0 Å². The van der Waals surface area contributed by atoms with Gasteiger partial charge in [-0.1, -0.05) is 12.6 Å². The molecule has 1 heterocycles. The van der Waals surface area contributed by atoms with E-state index in [4.69, 9.17) is 4.74 Å². The summed E-state index contributed by atoms with van der Waals surface area (Å²) in [7, 11) is 5.01. The molecule has 1 fully saturated rings. The smallest absolute Gasteiger partial charge is 0.221 e. The molecule has 0 radical (unpaired) electrons. The summed E-state index contributed by atoms with van der Waals surface area (Å²) >= 11 is 8.50. The number of ether oxygens (including phenoxy) is 1. The number of rotatable bonds is 1. The average Bonchev–Trinajstić information content (AvgIpc) is 1.60. The van der Waals surface area contributed by atoms with Gasteiger partial charge in [0.1, 0.15) is 0 Å². The van der Waals surface area contributed by atoms with Crippen LogP contribution in [0.1, 0.15) is 6.92 Å². The fourth-order valence-corrected chi connectivity index (χ4v) is 4.72. The fourth-order valence-electron chi connectivity index (χ4n) is 0.322. The van der Waals surface area contributed by atoms with Crippen LogP contribution in [0.4, 0.5) is 0 Å². The summed E-state index contributed by atoms with van der Waals surface area (Å²) in [5.74, 6) is 0. The summed E-state index contributed by atoms with van der Waals surface area (Å²) < 4.78 is 5.31. The van der Waals surface area contributed by atoms with Crippen molar-refractivity contribution >= 4 is 60.6 Å². The summed E-state index contributed by atoms with van der Waals surface area (Å²) in [6.45, 7) is 1.97. The molecule has 52 valence electrons. The van der Waals surface area contributed by atoms with Crippen molar-refractivity contribution in [2.45, 2.75) is 11.2 Å². The second kappa shape index (κ2) is 3.13. The minimum absolute atomic E-state index is 0.177.